The topological polar surface area (TPSA) is 52.7 Å². The van der Waals surface area contributed by atoms with Crippen molar-refractivity contribution in [2.45, 2.75) is 25.3 Å². The molecular formula is C12H23N3O2S. The lowest BCUT2D eigenvalue weighted by Crippen LogP contribution is -2.52. The van der Waals surface area contributed by atoms with Gasteiger partial charge in [0.25, 0.3) is 0 Å². The minimum atomic E-state index is -2.98. The summed E-state index contributed by atoms with van der Waals surface area (Å²) in [6.07, 6.45) is 3.41. The minimum absolute atomic E-state index is 0.387. The van der Waals surface area contributed by atoms with Crippen LogP contribution in [-0.2, 0) is 10.0 Å². The second-order valence-electron chi connectivity index (χ2n) is 5.80. The lowest BCUT2D eigenvalue weighted by Gasteiger charge is -2.37. The first kappa shape index (κ1) is 12.8. The summed E-state index contributed by atoms with van der Waals surface area (Å²) < 4.78 is 26.0. The van der Waals surface area contributed by atoms with E-state index in [1.54, 1.807) is 4.31 Å². The van der Waals surface area contributed by atoms with Crippen LogP contribution in [0.3, 0.4) is 0 Å². The van der Waals surface area contributed by atoms with Crippen LogP contribution in [0.5, 0.6) is 0 Å². The molecule has 0 amide bonds. The van der Waals surface area contributed by atoms with Gasteiger partial charge in [-0.3, -0.25) is 4.90 Å². The van der Waals surface area contributed by atoms with Gasteiger partial charge in [0.05, 0.1) is 5.75 Å². The van der Waals surface area contributed by atoms with Crippen LogP contribution < -0.4 is 5.32 Å². The van der Waals surface area contributed by atoms with Gasteiger partial charge in [-0.15, -0.1) is 0 Å². The molecule has 2 heterocycles. The molecule has 1 saturated carbocycles. The van der Waals surface area contributed by atoms with E-state index >= 15 is 0 Å². The minimum Gasteiger partial charge on any atom is -0.315 e. The molecule has 2 saturated heterocycles. The SMILES string of the molecule is O=S(=O)(CC1CC1)N1CCN(C2CCNC2)CC1. The van der Waals surface area contributed by atoms with E-state index in [1.165, 1.54) is 6.42 Å². The summed E-state index contributed by atoms with van der Waals surface area (Å²) >= 11 is 0. The average molecular weight is 273 g/mol. The fraction of sp³-hybridized carbons (Fsp3) is 1.00. The molecule has 1 N–H and O–H groups in total. The Kier molecular flexibility index (Phi) is 3.62. The van der Waals surface area contributed by atoms with Gasteiger partial charge in [0.1, 0.15) is 0 Å². The highest BCUT2D eigenvalue weighted by molar-refractivity contribution is 7.89. The molecule has 2 aliphatic heterocycles. The van der Waals surface area contributed by atoms with Crippen molar-refractivity contribution in [1.29, 1.82) is 0 Å². The summed E-state index contributed by atoms with van der Waals surface area (Å²) in [5, 5.41) is 3.37. The second kappa shape index (κ2) is 5.07. The Morgan fingerprint density at radius 2 is 1.78 bits per heavy atom. The summed E-state index contributed by atoms with van der Waals surface area (Å²) in [5.74, 6) is 0.838. The van der Waals surface area contributed by atoms with Crippen LogP contribution in [0.25, 0.3) is 0 Å². The summed E-state index contributed by atoms with van der Waals surface area (Å²) in [6.45, 7) is 5.34. The van der Waals surface area contributed by atoms with Gasteiger partial charge in [0.2, 0.25) is 10.0 Å². The van der Waals surface area contributed by atoms with Crippen molar-refractivity contribution in [3.63, 3.8) is 0 Å². The zero-order valence-corrected chi connectivity index (χ0v) is 11.7. The van der Waals surface area contributed by atoms with E-state index in [0.29, 0.717) is 30.8 Å². The molecule has 0 aromatic rings. The number of rotatable bonds is 4. The maximum absolute atomic E-state index is 12.2. The number of nitrogens with zero attached hydrogens (tertiary/aromatic N) is 2. The molecule has 0 aromatic carbocycles. The number of hydrogen-bond donors (Lipinski definition) is 1. The largest absolute Gasteiger partial charge is 0.315 e. The van der Waals surface area contributed by atoms with Crippen molar-refractivity contribution >= 4 is 10.0 Å². The number of hydrogen-bond acceptors (Lipinski definition) is 4. The quantitative estimate of drug-likeness (QED) is 0.764. The van der Waals surface area contributed by atoms with Crippen LogP contribution in [0, 0.1) is 5.92 Å². The maximum Gasteiger partial charge on any atom is 0.214 e. The van der Waals surface area contributed by atoms with E-state index < -0.39 is 10.0 Å². The van der Waals surface area contributed by atoms with E-state index in [2.05, 4.69) is 10.2 Å². The third-order valence-electron chi connectivity index (χ3n) is 4.36. The van der Waals surface area contributed by atoms with Gasteiger partial charge in [-0.05, 0) is 31.7 Å². The fourth-order valence-electron chi connectivity index (χ4n) is 2.99. The third kappa shape index (κ3) is 2.87. The monoisotopic (exact) mass is 273 g/mol. The van der Waals surface area contributed by atoms with Crippen molar-refractivity contribution in [1.82, 2.24) is 14.5 Å². The van der Waals surface area contributed by atoms with Crippen molar-refractivity contribution < 1.29 is 8.42 Å². The first-order chi connectivity index (χ1) is 8.65. The van der Waals surface area contributed by atoms with Gasteiger partial charge < -0.3 is 5.32 Å². The molecule has 0 spiro atoms. The normalized spacial score (nSPS) is 31.9. The first-order valence-corrected chi connectivity index (χ1v) is 8.69. The van der Waals surface area contributed by atoms with Crippen molar-refractivity contribution in [2.75, 3.05) is 45.0 Å². The van der Waals surface area contributed by atoms with Gasteiger partial charge in [0.15, 0.2) is 0 Å². The molecule has 3 rings (SSSR count). The molecule has 1 atom stereocenters. The molecule has 0 aromatic heterocycles. The van der Waals surface area contributed by atoms with E-state index in [1.807, 2.05) is 0 Å². The van der Waals surface area contributed by atoms with Gasteiger partial charge >= 0.3 is 0 Å². The fourth-order valence-corrected chi connectivity index (χ4v) is 4.85. The second-order valence-corrected chi connectivity index (χ2v) is 7.82. The van der Waals surface area contributed by atoms with Crippen molar-refractivity contribution in [3.05, 3.63) is 0 Å². The highest BCUT2D eigenvalue weighted by Crippen LogP contribution is 2.31. The first-order valence-electron chi connectivity index (χ1n) is 7.08. The van der Waals surface area contributed by atoms with Crippen LogP contribution in [0.2, 0.25) is 0 Å². The third-order valence-corrected chi connectivity index (χ3v) is 6.41. The highest BCUT2D eigenvalue weighted by atomic mass is 32.2. The molecular weight excluding hydrogens is 250 g/mol. The van der Waals surface area contributed by atoms with Gasteiger partial charge in [-0.2, -0.15) is 4.31 Å². The number of piperazine rings is 1. The van der Waals surface area contributed by atoms with Crippen LogP contribution in [0.15, 0.2) is 0 Å². The zero-order chi connectivity index (χ0) is 12.6. The predicted octanol–water partition coefficient (Wildman–Crippen LogP) is -0.294. The van der Waals surface area contributed by atoms with E-state index in [0.717, 1.165) is 39.0 Å². The molecule has 6 heteroatoms. The summed E-state index contributed by atoms with van der Waals surface area (Å²) in [4.78, 5) is 2.45. The molecule has 1 unspecified atom stereocenters. The average Bonchev–Trinajstić information content (AvgIpc) is 2.99. The Balaban J connectivity index is 1.52. The smallest absolute Gasteiger partial charge is 0.214 e. The maximum atomic E-state index is 12.2. The van der Waals surface area contributed by atoms with Crippen LogP contribution in [-0.4, -0.2) is 68.7 Å². The van der Waals surface area contributed by atoms with E-state index in [-0.39, 0.29) is 0 Å². The Hall–Kier alpha value is -0.170. The summed E-state index contributed by atoms with van der Waals surface area (Å²) in [5.41, 5.74) is 0. The highest BCUT2D eigenvalue weighted by Gasteiger charge is 2.34. The van der Waals surface area contributed by atoms with Gasteiger partial charge in [-0.25, -0.2) is 8.42 Å². The summed E-state index contributed by atoms with van der Waals surface area (Å²) in [6, 6.07) is 0.623. The Bertz CT molecular complexity index is 380. The lowest BCUT2D eigenvalue weighted by molar-refractivity contribution is 0.145. The van der Waals surface area contributed by atoms with Crippen molar-refractivity contribution in [2.24, 2.45) is 5.92 Å². The van der Waals surface area contributed by atoms with E-state index in [4.69, 9.17) is 0 Å². The number of nitrogens with one attached hydrogen (secondary N) is 1. The van der Waals surface area contributed by atoms with Crippen LogP contribution in [0.1, 0.15) is 19.3 Å². The van der Waals surface area contributed by atoms with Crippen molar-refractivity contribution in [3.8, 4) is 0 Å². The summed E-state index contributed by atoms with van der Waals surface area (Å²) in [7, 11) is -2.98. The molecule has 1 aliphatic carbocycles. The predicted molar refractivity (Wildman–Crippen MR) is 70.9 cm³/mol. The number of sulfonamides is 1. The lowest BCUT2D eigenvalue weighted by atomic mass is 10.2. The molecule has 18 heavy (non-hydrogen) atoms. The van der Waals surface area contributed by atoms with Crippen LogP contribution in [0.4, 0.5) is 0 Å². The van der Waals surface area contributed by atoms with Gasteiger partial charge in [0, 0.05) is 38.8 Å². The Morgan fingerprint density at radius 1 is 1.06 bits per heavy atom. The molecule has 104 valence electrons. The zero-order valence-electron chi connectivity index (χ0n) is 10.8. The van der Waals surface area contributed by atoms with E-state index in [9.17, 15) is 8.42 Å². The molecule has 3 fully saturated rings. The standard InChI is InChI=1S/C12H23N3O2S/c16-18(17,10-11-1-2-11)15-7-5-14(6-8-15)12-3-4-13-9-12/h11-13H,1-10H2. The van der Waals surface area contributed by atoms with Gasteiger partial charge in [-0.1, -0.05) is 0 Å². The molecule has 0 radical (unpaired) electrons. The molecule has 5 nitrogen and oxygen atoms in total. The van der Waals surface area contributed by atoms with Crippen LogP contribution >= 0.6 is 0 Å². The Labute approximate surface area is 110 Å². The Morgan fingerprint density at radius 3 is 2.33 bits per heavy atom. The molecule has 3 aliphatic rings. The molecule has 0 bridgehead atoms.